The van der Waals surface area contributed by atoms with Gasteiger partial charge in [0.25, 0.3) is 0 Å². The van der Waals surface area contributed by atoms with Crippen LogP contribution in [0.15, 0.2) is 36.8 Å². The number of aryl methyl sites for hydroxylation is 1. The number of nitrogens with zero attached hydrogens (tertiary/aromatic N) is 4. The van der Waals surface area contributed by atoms with Crippen molar-refractivity contribution in [2.24, 2.45) is 13.0 Å². The molecule has 1 aliphatic carbocycles. The highest BCUT2D eigenvalue weighted by Crippen LogP contribution is 2.26. The van der Waals surface area contributed by atoms with Crippen LogP contribution in [-0.2, 0) is 18.4 Å². The van der Waals surface area contributed by atoms with Crippen LogP contribution < -0.4 is 10.6 Å². The van der Waals surface area contributed by atoms with Gasteiger partial charge in [-0.15, -0.1) is 0 Å². The number of fused-ring (bicyclic) bond motifs is 1. The standard InChI is InChI=1S/C19H22N6O/c1-25-18-16(11-23-25)17(21-12-22-18)20-10-13-5-4-8-15(9-13)24-19(26)14-6-2-3-7-14/h4-5,8-9,11-12,14H,2-3,6-7,10H2,1H3,(H,24,26)(H,20,21,22). The first-order chi connectivity index (χ1) is 12.7. The summed E-state index contributed by atoms with van der Waals surface area (Å²) in [5.74, 6) is 1.06. The molecule has 0 aliphatic heterocycles. The number of hydrogen-bond donors (Lipinski definition) is 2. The first-order valence-electron chi connectivity index (χ1n) is 8.97. The predicted molar refractivity (Wildman–Crippen MR) is 101 cm³/mol. The lowest BCUT2D eigenvalue weighted by Crippen LogP contribution is -2.20. The molecule has 0 atom stereocenters. The van der Waals surface area contributed by atoms with Gasteiger partial charge in [0.1, 0.15) is 12.1 Å². The molecule has 1 amide bonds. The number of carbonyl (C=O) groups is 1. The monoisotopic (exact) mass is 350 g/mol. The van der Waals surface area contributed by atoms with Gasteiger partial charge in [-0.3, -0.25) is 9.48 Å². The highest BCUT2D eigenvalue weighted by atomic mass is 16.1. The van der Waals surface area contributed by atoms with Crippen molar-refractivity contribution in [1.82, 2.24) is 19.7 Å². The molecule has 0 saturated heterocycles. The van der Waals surface area contributed by atoms with Gasteiger partial charge in [-0.2, -0.15) is 5.10 Å². The Labute approximate surface area is 151 Å². The molecule has 1 saturated carbocycles. The SMILES string of the molecule is Cn1ncc2c(NCc3cccc(NC(=O)C4CCCC4)c3)ncnc21. The second kappa shape index (κ2) is 7.11. The number of aromatic nitrogens is 4. The second-order valence-electron chi connectivity index (χ2n) is 6.75. The van der Waals surface area contributed by atoms with Gasteiger partial charge >= 0.3 is 0 Å². The zero-order valence-corrected chi connectivity index (χ0v) is 14.8. The summed E-state index contributed by atoms with van der Waals surface area (Å²) in [5.41, 5.74) is 2.71. The Morgan fingerprint density at radius 3 is 2.96 bits per heavy atom. The Hall–Kier alpha value is -2.96. The third-order valence-corrected chi connectivity index (χ3v) is 4.91. The van der Waals surface area contributed by atoms with Gasteiger partial charge in [0, 0.05) is 25.2 Å². The third-order valence-electron chi connectivity index (χ3n) is 4.91. The van der Waals surface area contributed by atoms with E-state index in [0.717, 1.165) is 53.8 Å². The lowest BCUT2D eigenvalue weighted by atomic mass is 10.1. The molecule has 2 N–H and O–H groups in total. The average Bonchev–Trinajstić information content (AvgIpc) is 3.31. The maximum absolute atomic E-state index is 12.3. The van der Waals surface area contributed by atoms with Gasteiger partial charge in [-0.05, 0) is 30.5 Å². The molecule has 134 valence electrons. The minimum atomic E-state index is 0.139. The fourth-order valence-corrected chi connectivity index (χ4v) is 3.48. The number of benzene rings is 1. The predicted octanol–water partition coefficient (Wildman–Crippen LogP) is 3.10. The van der Waals surface area contributed by atoms with E-state index in [-0.39, 0.29) is 11.8 Å². The Kier molecular flexibility index (Phi) is 4.51. The van der Waals surface area contributed by atoms with Crippen molar-refractivity contribution in [2.75, 3.05) is 10.6 Å². The number of rotatable bonds is 5. The molecule has 7 nitrogen and oxygen atoms in total. The van der Waals surface area contributed by atoms with Gasteiger partial charge in [-0.25, -0.2) is 9.97 Å². The van der Waals surface area contributed by atoms with E-state index in [1.54, 1.807) is 10.9 Å². The smallest absolute Gasteiger partial charge is 0.227 e. The van der Waals surface area contributed by atoms with Crippen molar-refractivity contribution in [3.8, 4) is 0 Å². The van der Waals surface area contributed by atoms with Crippen LogP contribution in [0, 0.1) is 5.92 Å². The van der Waals surface area contributed by atoms with E-state index in [2.05, 4.69) is 25.7 Å². The van der Waals surface area contributed by atoms with E-state index in [4.69, 9.17) is 0 Å². The van der Waals surface area contributed by atoms with E-state index in [0.29, 0.717) is 6.54 Å². The summed E-state index contributed by atoms with van der Waals surface area (Å²) in [4.78, 5) is 20.9. The van der Waals surface area contributed by atoms with Crippen LogP contribution in [0.4, 0.5) is 11.5 Å². The number of carbonyl (C=O) groups excluding carboxylic acids is 1. The fourth-order valence-electron chi connectivity index (χ4n) is 3.48. The fraction of sp³-hybridized carbons (Fsp3) is 0.368. The molecule has 0 unspecified atom stereocenters. The summed E-state index contributed by atoms with van der Waals surface area (Å²) >= 11 is 0. The zero-order valence-electron chi connectivity index (χ0n) is 14.8. The zero-order chi connectivity index (χ0) is 17.9. The van der Waals surface area contributed by atoms with Crippen molar-refractivity contribution in [2.45, 2.75) is 32.2 Å². The van der Waals surface area contributed by atoms with Crippen LogP contribution in [0.1, 0.15) is 31.2 Å². The van der Waals surface area contributed by atoms with Crippen molar-refractivity contribution in [3.05, 3.63) is 42.4 Å². The molecule has 1 aliphatic rings. The van der Waals surface area contributed by atoms with Gasteiger partial charge in [0.15, 0.2) is 5.65 Å². The molecule has 2 aromatic heterocycles. The number of amides is 1. The Morgan fingerprint density at radius 1 is 1.27 bits per heavy atom. The van der Waals surface area contributed by atoms with E-state index < -0.39 is 0 Å². The first-order valence-corrected chi connectivity index (χ1v) is 8.97. The molecule has 2 heterocycles. The molecule has 26 heavy (non-hydrogen) atoms. The summed E-state index contributed by atoms with van der Waals surface area (Å²) in [6.45, 7) is 0.605. The Balaban J connectivity index is 1.44. The first kappa shape index (κ1) is 16.5. The molecule has 4 rings (SSSR count). The minimum absolute atomic E-state index is 0.139. The Morgan fingerprint density at radius 2 is 2.12 bits per heavy atom. The van der Waals surface area contributed by atoms with Gasteiger partial charge in [-0.1, -0.05) is 25.0 Å². The van der Waals surface area contributed by atoms with Crippen molar-refractivity contribution < 1.29 is 4.79 Å². The largest absolute Gasteiger partial charge is 0.365 e. The quantitative estimate of drug-likeness (QED) is 0.738. The van der Waals surface area contributed by atoms with Crippen molar-refractivity contribution in [1.29, 1.82) is 0 Å². The van der Waals surface area contributed by atoms with Crippen LogP contribution >= 0.6 is 0 Å². The maximum Gasteiger partial charge on any atom is 0.227 e. The van der Waals surface area contributed by atoms with Crippen LogP contribution in [0.25, 0.3) is 11.0 Å². The van der Waals surface area contributed by atoms with E-state index in [1.165, 1.54) is 6.33 Å². The minimum Gasteiger partial charge on any atom is -0.365 e. The van der Waals surface area contributed by atoms with E-state index >= 15 is 0 Å². The lowest BCUT2D eigenvalue weighted by Gasteiger charge is -2.12. The second-order valence-corrected chi connectivity index (χ2v) is 6.75. The van der Waals surface area contributed by atoms with E-state index in [1.807, 2.05) is 31.3 Å². The highest BCUT2D eigenvalue weighted by Gasteiger charge is 2.22. The highest BCUT2D eigenvalue weighted by molar-refractivity contribution is 5.92. The van der Waals surface area contributed by atoms with Gasteiger partial charge in [0.05, 0.1) is 11.6 Å². The lowest BCUT2D eigenvalue weighted by molar-refractivity contribution is -0.119. The van der Waals surface area contributed by atoms with Gasteiger partial charge < -0.3 is 10.6 Å². The van der Waals surface area contributed by atoms with Gasteiger partial charge in [0.2, 0.25) is 5.91 Å². The van der Waals surface area contributed by atoms with Crippen LogP contribution in [0.3, 0.4) is 0 Å². The summed E-state index contributed by atoms with van der Waals surface area (Å²) in [5, 5.41) is 11.5. The molecule has 0 spiro atoms. The number of anilines is 2. The molecule has 1 aromatic carbocycles. The maximum atomic E-state index is 12.3. The Bertz CT molecular complexity index is 929. The van der Waals surface area contributed by atoms with Crippen LogP contribution in [0.2, 0.25) is 0 Å². The molecular formula is C19H22N6O. The molecule has 0 radical (unpaired) electrons. The molecule has 3 aromatic rings. The topological polar surface area (TPSA) is 84.7 Å². The van der Waals surface area contributed by atoms with Crippen molar-refractivity contribution in [3.63, 3.8) is 0 Å². The summed E-state index contributed by atoms with van der Waals surface area (Å²) in [6.07, 6.45) is 7.61. The van der Waals surface area contributed by atoms with Crippen LogP contribution in [0.5, 0.6) is 0 Å². The molecule has 7 heteroatoms. The van der Waals surface area contributed by atoms with Crippen LogP contribution in [-0.4, -0.2) is 25.7 Å². The molecular weight excluding hydrogens is 328 g/mol. The number of hydrogen-bond acceptors (Lipinski definition) is 5. The average molecular weight is 350 g/mol. The summed E-state index contributed by atoms with van der Waals surface area (Å²) in [6, 6.07) is 7.92. The molecule has 1 fully saturated rings. The normalized spacial score (nSPS) is 14.7. The molecule has 0 bridgehead atoms. The number of nitrogens with one attached hydrogen (secondary N) is 2. The van der Waals surface area contributed by atoms with E-state index in [9.17, 15) is 4.79 Å². The summed E-state index contributed by atoms with van der Waals surface area (Å²) in [7, 11) is 1.86. The third kappa shape index (κ3) is 3.37. The van der Waals surface area contributed by atoms with Crippen molar-refractivity contribution >= 4 is 28.4 Å². The summed E-state index contributed by atoms with van der Waals surface area (Å²) < 4.78 is 1.72.